The van der Waals surface area contributed by atoms with Crippen LogP contribution in [0.2, 0.25) is 0 Å². The number of Topliss-reactive ketones (excluding diaryl/α,β-unsaturated/α-hetero) is 2. The number of carbonyl (C=O) groups excluding carboxylic acids is 4. The molecule has 0 aromatic heterocycles. The predicted molar refractivity (Wildman–Crippen MR) is 213 cm³/mol. The summed E-state index contributed by atoms with van der Waals surface area (Å²) in [5.74, 6) is -7.58. The van der Waals surface area contributed by atoms with E-state index >= 15 is 0 Å². The van der Waals surface area contributed by atoms with Crippen LogP contribution in [-0.2, 0) is 42.9 Å². The number of ether oxygens (including phenoxy) is 5. The van der Waals surface area contributed by atoms with Crippen LogP contribution in [0.5, 0.6) is 0 Å². The molecule has 1 saturated carbocycles. The number of allylic oxidation sites excluding steroid dienone is 3. The lowest BCUT2D eigenvalue weighted by Gasteiger charge is -2.47. The quantitative estimate of drug-likeness (QED) is 0.193. The molecule has 0 aromatic carbocycles. The van der Waals surface area contributed by atoms with Crippen molar-refractivity contribution in [1.82, 2.24) is 4.90 Å². The maximum absolute atomic E-state index is 14.3. The van der Waals surface area contributed by atoms with Crippen LogP contribution in [0.1, 0.15) is 105 Å². The molecule has 0 spiro atoms. The van der Waals surface area contributed by atoms with Gasteiger partial charge < -0.3 is 43.9 Å². The fourth-order valence-corrected chi connectivity index (χ4v) is 9.45. The molecule has 4 aliphatic rings. The van der Waals surface area contributed by atoms with Crippen molar-refractivity contribution in [3.63, 3.8) is 0 Å². The molecule has 3 fully saturated rings. The van der Waals surface area contributed by atoms with E-state index in [2.05, 4.69) is 6.58 Å². The van der Waals surface area contributed by atoms with Gasteiger partial charge in [0.2, 0.25) is 5.79 Å². The minimum atomic E-state index is -2.51. The van der Waals surface area contributed by atoms with Crippen molar-refractivity contribution in [3.8, 4) is 0 Å². The summed E-state index contributed by atoms with van der Waals surface area (Å²) in [4.78, 5) is 57.7. The number of hydrogen-bond donors (Lipinski definition) is 3. The van der Waals surface area contributed by atoms with Gasteiger partial charge in [0, 0.05) is 58.0 Å². The van der Waals surface area contributed by atoms with Crippen molar-refractivity contribution in [1.29, 1.82) is 0 Å². The number of hydrogen-bond acceptors (Lipinski definition) is 12. The Kier molecular flexibility index (Phi) is 17.2. The van der Waals surface area contributed by atoms with Crippen LogP contribution >= 0.6 is 0 Å². The van der Waals surface area contributed by atoms with Gasteiger partial charge in [0.15, 0.2) is 0 Å². The molecule has 14 atom stereocenters. The zero-order chi connectivity index (χ0) is 42.2. The first kappa shape index (κ1) is 46.9. The number of ketones is 2. The third-order valence-corrected chi connectivity index (χ3v) is 12.9. The summed E-state index contributed by atoms with van der Waals surface area (Å²) in [5, 5.41) is 34.0. The molecule has 0 unspecified atom stereocenters. The number of cyclic esters (lactones) is 1. The summed E-state index contributed by atoms with van der Waals surface area (Å²) in [7, 11) is 4.58. The minimum absolute atomic E-state index is 0.0107. The first-order chi connectivity index (χ1) is 27.0. The summed E-state index contributed by atoms with van der Waals surface area (Å²) in [6.45, 7) is 13.2. The lowest BCUT2D eigenvalue weighted by atomic mass is 9.79. The maximum atomic E-state index is 14.3. The van der Waals surface area contributed by atoms with E-state index in [1.54, 1.807) is 13.0 Å². The van der Waals surface area contributed by atoms with E-state index in [0.29, 0.717) is 56.9 Å². The number of amides is 1. The van der Waals surface area contributed by atoms with Crippen molar-refractivity contribution in [3.05, 3.63) is 36.0 Å². The highest BCUT2D eigenvalue weighted by Gasteiger charge is 2.56. The zero-order valence-corrected chi connectivity index (χ0v) is 35.4. The molecule has 1 aliphatic carbocycles. The van der Waals surface area contributed by atoms with Crippen molar-refractivity contribution in [2.24, 2.45) is 29.6 Å². The molecule has 3 N–H and O–H groups in total. The number of piperidine rings is 1. The average molecular weight is 804 g/mol. The minimum Gasteiger partial charge on any atom is -0.456 e. The first-order valence-corrected chi connectivity index (χ1v) is 20.9. The van der Waals surface area contributed by atoms with Gasteiger partial charge in [-0.25, -0.2) is 4.79 Å². The van der Waals surface area contributed by atoms with Crippen LogP contribution in [0.25, 0.3) is 0 Å². The monoisotopic (exact) mass is 803 g/mol. The lowest BCUT2D eigenvalue weighted by molar-refractivity contribution is -0.302. The van der Waals surface area contributed by atoms with Gasteiger partial charge in [0.1, 0.15) is 24.0 Å². The molecule has 13 nitrogen and oxygen atoms in total. The van der Waals surface area contributed by atoms with Gasteiger partial charge in [-0.05, 0) is 89.5 Å². The van der Waals surface area contributed by atoms with E-state index in [1.807, 2.05) is 39.8 Å². The molecule has 0 aromatic rings. The topological polar surface area (TPSA) is 178 Å². The largest absolute Gasteiger partial charge is 0.456 e. The van der Waals surface area contributed by atoms with Gasteiger partial charge >= 0.3 is 5.97 Å². The van der Waals surface area contributed by atoms with Crippen LogP contribution in [0.4, 0.5) is 0 Å². The maximum Gasteiger partial charge on any atom is 0.329 e. The molecular weight excluding hydrogens is 734 g/mol. The Hall–Kier alpha value is -2.78. The fourth-order valence-electron chi connectivity index (χ4n) is 9.45. The Bertz CT molecular complexity index is 1480. The Balaban J connectivity index is 1.78. The summed E-state index contributed by atoms with van der Waals surface area (Å²) in [5.41, 5.74) is 1.62. The summed E-state index contributed by atoms with van der Waals surface area (Å²) in [6, 6.07) is -1.10. The van der Waals surface area contributed by atoms with Gasteiger partial charge in [-0.3, -0.25) is 14.4 Å². The second-order valence-electron chi connectivity index (χ2n) is 17.3. The lowest BCUT2D eigenvalue weighted by Crippen LogP contribution is -2.64. The number of esters is 1. The Morgan fingerprint density at radius 2 is 1.54 bits per heavy atom. The van der Waals surface area contributed by atoms with E-state index in [9.17, 15) is 34.5 Å². The molecule has 3 aliphatic heterocycles. The van der Waals surface area contributed by atoms with E-state index in [1.165, 1.54) is 26.2 Å². The van der Waals surface area contributed by atoms with Crippen molar-refractivity contribution in [2.75, 3.05) is 27.9 Å². The molecule has 2 bridgehead atoms. The van der Waals surface area contributed by atoms with E-state index in [-0.39, 0.29) is 43.4 Å². The van der Waals surface area contributed by atoms with Crippen molar-refractivity contribution in [2.45, 2.75) is 160 Å². The zero-order valence-electron chi connectivity index (χ0n) is 35.4. The highest BCUT2D eigenvalue weighted by Crippen LogP contribution is 2.39. The number of aliphatic hydroxyl groups is 3. The van der Waals surface area contributed by atoms with Crippen LogP contribution < -0.4 is 0 Å². The number of carbonyl (C=O) groups is 4. The number of methoxy groups -OCH3 is 3. The van der Waals surface area contributed by atoms with Crippen LogP contribution in [-0.4, -0.2) is 126 Å². The summed E-state index contributed by atoms with van der Waals surface area (Å²) < 4.78 is 29.9. The van der Waals surface area contributed by atoms with Gasteiger partial charge in [0.05, 0.1) is 30.5 Å². The molecule has 3 heterocycles. The smallest absolute Gasteiger partial charge is 0.329 e. The van der Waals surface area contributed by atoms with E-state index < -0.39 is 90.0 Å². The highest BCUT2D eigenvalue weighted by atomic mass is 16.7. The Morgan fingerprint density at radius 1 is 0.877 bits per heavy atom. The van der Waals surface area contributed by atoms with Gasteiger partial charge in [-0.2, -0.15) is 0 Å². The first-order valence-electron chi connectivity index (χ1n) is 20.9. The second kappa shape index (κ2) is 21.0. The highest BCUT2D eigenvalue weighted by molar-refractivity contribution is 6.39. The standard InChI is InChI=1S/C44H69NO12/c1-10-13-30-19-25(2)18-26(3)20-37(54-8)40-38(55-9)22-29(6)44(52,57-40)41(49)42(50)45-17-12-11-14-32(45)43(51)56-39(31-15-16-33(46)36(23-31)53-7)28(5)21-27(4)34(47)24-35(30)48/h10,19,21,26-27,29-34,36-40,46-47,52H,1,11-18,20,22-24H2,2-9H3/b25-19+,28-21+/t26-,27-,29+,30+,31+,32-,33+,34-,36+,37-,38-,39-,40+,44+/m0/s1. The van der Waals surface area contributed by atoms with Crippen LogP contribution in [0, 0.1) is 29.6 Å². The molecule has 322 valence electrons. The number of fused-ring (bicyclic) bond motifs is 3. The normalized spacial score (nSPS) is 41.9. The fraction of sp³-hybridized carbons (Fsp3) is 0.773. The molecule has 57 heavy (non-hydrogen) atoms. The summed E-state index contributed by atoms with van der Waals surface area (Å²) in [6.07, 6.45) is 4.67. The SMILES string of the molecule is C=CC[C@@H]1/C=C(\C)C[C@H](C)C[C@H](OC)[C@H]2O[C@@](O)(C(=O)C(=O)N3CCCC[C@H]3C(=O)O[C@H]([C@@H]3CC[C@@H](O)[C@H](OC)C3)/C(C)=C/[C@H](C)[C@@H](O)CC1=O)[C@H](C)C[C@@H]2OC. The third-order valence-electron chi connectivity index (χ3n) is 12.9. The van der Waals surface area contributed by atoms with E-state index in [4.69, 9.17) is 23.7 Å². The number of nitrogens with zero attached hydrogens (tertiary/aromatic N) is 1. The molecule has 0 radical (unpaired) electrons. The Labute approximate surface area is 339 Å². The van der Waals surface area contributed by atoms with E-state index in [0.717, 1.165) is 5.57 Å². The predicted octanol–water partition coefficient (Wildman–Crippen LogP) is 4.64. The Morgan fingerprint density at radius 3 is 2.19 bits per heavy atom. The second-order valence-corrected chi connectivity index (χ2v) is 17.3. The molecule has 13 heteroatoms. The van der Waals surface area contributed by atoms with Gasteiger partial charge in [-0.15, -0.1) is 6.58 Å². The number of rotatable bonds is 6. The van der Waals surface area contributed by atoms with Gasteiger partial charge in [0.25, 0.3) is 11.7 Å². The molecule has 2 saturated heterocycles. The van der Waals surface area contributed by atoms with Crippen molar-refractivity contribution < 1.29 is 58.2 Å². The third kappa shape index (κ3) is 11.3. The molecule has 1 amide bonds. The van der Waals surface area contributed by atoms with Gasteiger partial charge in [-0.1, -0.05) is 44.6 Å². The molecule has 4 rings (SSSR count). The average Bonchev–Trinajstić information content (AvgIpc) is 3.18. The summed E-state index contributed by atoms with van der Waals surface area (Å²) >= 11 is 0. The molecular formula is C44H69NO12. The van der Waals surface area contributed by atoms with Crippen LogP contribution in [0.15, 0.2) is 36.0 Å². The van der Waals surface area contributed by atoms with Crippen molar-refractivity contribution >= 4 is 23.4 Å². The number of aliphatic hydroxyl groups excluding tert-OH is 2. The van der Waals surface area contributed by atoms with Crippen LogP contribution in [0.3, 0.4) is 0 Å².